The number of likely N-dealkylation sites (N-methyl/N-ethyl adjacent to an activating group) is 1. The number of hydrogen-bond acceptors (Lipinski definition) is 3. The lowest BCUT2D eigenvalue weighted by molar-refractivity contribution is -0.128. The summed E-state index contributed by atoms with van der Waals surface area (Å²) in [6.07, 6.45) is 4.08. The zero-order chi connectivity index (χ0) is 16.1. The van der Waals surface area contributed by atoms with Gasteiger partial charge in [0.2, 0.25) is 11.8 Å². The summed E-state index contributed by atoms with van der Waals surface area (Å²) in [5.74, 6) is 0.124. The molecular weight excluding hydrogens is 314 g/mol. The van der Waals surface area contributed by atoms with E-state index in [1.165, 1.54) is 0 Å². The molecule has 1 fully saturated rings. The Balaban J connectivity index is 0.00000264. The quantitative estimate of drug-likeness (QED) is 0.883. The molecule has 2 atom stereocenters. The normalized spacial score (nSPS) is 20.3. The Morgan fingerprint density at radius 2 is 1.87 bits per heavy atom. The second kappa shape index (κ2) is 8.89. The molecule has 23 heavy (non-hydrogen) atoms. The van der Waals surface area contributed by atoms with Crippen LogP contribution in [0.4, 0.5) is 5.69 Å². The van der Waals surface area contributed by atoms with Crippen LogP contribution in [0.2, 0.25) is 0 Å². The number of carbonyl (C=O) groups is 2. The smallest absolute Gasteiger partial charge is 0.227 e. The van der Waals surface area contributed by atoms with Gasteiger partial charge in [-0.25, -0.2) is 0 Å². The lowest BCUT2D eigenvalue weighted by Crippen LogP contribution is -2.34. The molecule has 2 unspecified atom stereocenters. The molecule has 0 aromatic heterocycles. The molecule has 2 amide bonds. The van der Waals surface area contributed by atoms with Crippen LogP contribution in [0.15, 0.2) is 24.3 Å². The van der Waals surface area contributed by atoms with Crippen molar-refractivity contribution in [3.05, 3.63) is 29.8 Å². The van der Waals surface area contributed by atoms with Crippen molar-refractivity contribution in [1.29, 1.82) is 0 Å². The molecule has 128 valence electrons. The third-order valence-corrected chi connectivity index (χ3v) is 4.16. The van der Waals surface area contributed by atoms with Gasteiger partial charge in [-0.05, 0) is 37.0 Å². The van der Waals surface area contributed by atoms with E-state index < -0.39 is 0 Å². The van der Waals surface area contributed by atoms with Gasteiger partial charge >= 0.3 is 0 Å². The molecule has 0 spiro atoms. The van der Waals surface area contributed by atoms with E-state index in [4.69, 9.17) is 5.73 Å². The van der Waals surface area contributed by atoms with E-state index in [0.717, 1.165) is 36.9 Å². The van der Waals surface area contributed by atoms with Crippen LogP contribution in [-0.4, -0.2) is 36.9 Å². The number of nitrogens with one attached hydrogen (secondary N) is 1. The Morgan fingerprint density at radius 1 is 1.22 bits per heavy atom. The predicted octanol–water partition coefficient (Wildman–Crippen LogP) is 2.20. The van der Waals surface area contributed by atoms with Crippen LogP contribution in [0.5, 0.6) is 0 Å². The maximum atomic E-state index is 12.2. The van der Waals surface area contributed by atoms with Crippen LogP contribution < -0.4 is 11.1 Å². The van der Waals surface area contributed by atoms with E-state index in [9.17, 15) is 9.59 Å². The number of halogens is 1. The summed E-state index contributed by atoms with van der Waals surface area (Å²) in [4.78, 5) is 25.5. The van der Waals surface area contributed by atoms with Crippen LogP contribution in [0.25, 0.3) is 0 Å². The van der Waals surface area contributed by atoms with Crippen molar-refractivity contribution in [3.63, 3.8) is 0 Å². The number of anilines is 1. The first-order chi connectivity index (χ1) is 10.5. The summed E-state index contributed by atoms with van der Waals surface area (Å²) < 4.78 is 0. The van der Waals surface area contributed by atoms with Gasteiger partial charge in [0.1, 0.15) is 0 Å². The number of amides is 2. The molecule has 6 heteroatoms. The lowest BCUT2D eigenvalue weighted by atomic mass is 9.85. The van der Waals surface area contributed by atoms with Gasteiger partial charge in [-0.2, -0.15) is 0 Å². The Kier molecular flexibility index (Phi) is 7.52. The SMILES string of the molecule is CN(C)C(=O)Cc1ccc(NC(=O)C2CCCC(N)C2)cc1.Cl. The number of hydrogen-bond donors (Lipinski definition) is 2. The summed E-state index contributed by atoms with van der Waals surface area (Å²) in [6, 6.07) is 7.59. The third-order valence-electron chi connectivity index (χ3n) is 4.16. The minimum absolute atomic E-state index is 0. The minimum atomic E-state index is 0. The van der Waals surface area contributed by atoms with Gasteiger partial charge < -0.3 is 16.0 Å². The van der Waals surface area contributed by atoms with Crippen LogP contribution in [0.3, 0.4) is 0 Å². The largest absolute Gasteiger partial charge is 0.349 e. The fourth-order valence-electron chi connectivity index (χ4n) is 2.75. The van der Waals surface area contributed by atoms with Crippen molar-refractivity contribution in [2.75, 3.05) is 19.4 Å². The monoisotopic (exact) mass is 339 g/mol. The molecule has 1 aliphatic carbocycles. The molecule has 0 saturated heterocycles. The molecule has 0 heterocycles. The summed E-state index contributed by atoms with van der Waals surface area (Å²) in [7, 11) is 3.48. The van der Waals surface area contributed by atoms with E-state index in [1.54, 1.807) is 19.0 Å². The Morgan fingerprint density at radius 3 is 2.43 bits per heavy atom. The van der Waals surface area contributed by atoms with E-state index in [2.05, 4.69) is 5.32 Å². The third kappa shape index (κ3) is 5.84. The van der Waals surface area contributed by atoms with E-state index in [-0.39, 0.29) is 36.2 Å². The average Bonchev–Trinajstić information content (AvgIpc) is 2.49. The highest BCUT2D eigenvalue weighted by molar-refractivity contribution is 5.92. The molecule has 0 aliphatic heterocycles. The minimum Gasteiger partial charge on any atom is -0.349 e. The maximum absolute atomic E-state index is 12.2. The summed E-state index contributed by atoms with van der Waals surface area (Å²) >= 11 is 0. The van der Waals surface area contributed by atoms with Gasteiger partial charge in [-0.15, -0.1) is 12.4 Å². The molecule has 3 N–H and O–H groups in total. The maximum Gasteiger partial charge on any atom is 0.227 e. The second-order valence-electron chi connectivity index (χ2n) is 6.27. The first-order valence-corrected chi connectivity index (χ1v) is 7.81. The van der Waals surface area contributed by atoms with Gasteiger partial charge in [-0.3, -0.25) is 9.59 Å². The summed E-state index contributed by atoms with van der Waals surface area (Å²) in [6.45, 7) is 0. The van der Waals surface area contributed by atoms with Gasteiger partial charge in [-0.1, -0.05) is 18.6 Å². The molecule has 5 nitrogen and oxygen atoms in total. The van der Waals surface area contributed by atoms with Crippen molar-refractivity contribution >= 4 is 29.9 Å². The number of nitrogens with zero attached hydrogens (tertiary/aromatic N) is 1. The Hall–Kier alpha value is -1.59. The molecule has 1 aromatic carbocycles. The molecule has 0 radical (unpaired) electrons. The summed E-state index contributed by atoms with van der Waals surface area (Å²) in [5.41, 5.74) is 7.64. The van der Waals surface area contributed by atoms with Crippen LogP contribution in [0.1, 0.15) is 31.2 Å². The lowest BCUT2D eigenvalue weighted by Gasteiger charge is -2.25. The Labute approximate surface area is 144 Å². The highest BCUT2D eigenvalue weighted by Gasteiger charge is 2.25. The average molecular weight is 340 g/mol. The van der Waals surface area contributed by atoms with Crippen molar-refractivity contribution in [2.24, 2.45) is 11.7 Å². The predicted molar refractivity (Wildman–Crippen MR) is 94.7 cm³/mol. The topological polar surface area (TPSA) is 75.4 Å². The fraction of sp³-hybridized carbons (Fsp3) is 0.529. The second-order valence-corrected chi connectivity index (χ2v) is 6.27. The number of nitrogens with two attached hydrogens (primary N) is 1. The summed E-state index contributed by atoms with van der Waals surface area (Å²) in [5, 5.41) is 2.95. The first kappa shape index (κ1) is 19.5. The van der Waals surface area contributed by atoms with Crippen LogP contribution >= 0.6 is 12.4 Å². The van der Waals surface area contributed by atoms with Crippen molar-refractivity contribution < 1.29 is 9.59 Å². The molecule has 1 saturated carbocycles. The van der Waals surface area contributed by atoms with Gasteiger partial charge in [0.25, 0.3) is 0 Å². The van der Waals surface area contributed by atoms with Crippen molar-refractivity contribution in [2.45, 2.75) is 38.1 Å². The van der Waals surface area contributed by atoms with Gasteiger partial charge in [0.15, 0.2) is 0 Å². The Bertz CT molecular complexity index is 531. The highest BCUT2D eigenvalue weighted by Crippen LogP contribution is 2.24. The first-order valence-electron chi connectivity index (χ1n) is 7.81. The molecule has 1 aliphatic rings. The number of benzene rings is 1. The van der Waals surface area contributed by atoms with Crippen LogP contribution in [0, 0.1) is 5.92 Å². The van der Waals surface area contributed by atoms with E-state index in [0.29, 0.717) is 6.42 Å². The molecule has 2 rings (SSSR count). The van der Waals surface area contributed by atoms with Crippen molar-refractivity contribution in [3.8, 4) is 0 Å². The van der Waals surface area contributed by atoms with Crippen molar-refractivity contribution in [1.82, 2.24) is 4.90 Å². The van der Waals surface area contributed by atoms with Gasteiger partial charge in [0, 0.05) is 31.7 Å². The molecule has 1 aromatic rings. The highest BCUT2D eigenvalue weighted by atomic mass is 35.5. The zero-order valence-electron chi connectivity index (χ0n) is 13.7. The standard InChI is InChI=1S/C17H25N3O2.ClH/c1-20(2)16(21)10-12-6-8-15(9-7-12)19-17(22)13-4-3-5-14(18)11-13;/h6-9,13-14H,3-5,10-11,18H2,1-2H3,(H,19,22);1H. The fourth-order valence-corrected chi connectivity index (χ4v) is 2.75. The van der Waals surface area contributed by atoms with E-state index >= 15 is 0 Å². The number of carbonyl (C=O) groups excluding carboxylic acids is 2. The number of rotatable bonds is 4. The van der Waals surface area contributed by atoms with Crippen LogP contribution in [-0.2, 0) is 16.0 Å². The van der Waals surface area contributed by atoms with Gasteiger partial charge in [0.05, 0.1) is 6.42 Å². The molecule has 0 bridgehead atoms. The zero-order valence-corrected chi connectivity index (χ0v) is 14.6. The van der Waals surface area contributed by atoms with E-state index in [1.807, 2.05) is 24.3 Å². The molecular formula is C17H26ClN3O2.